The largest absolute Gasteiger partial charge is 0.352 e. The van der Waals surface area contributed by atoms with Crippen LogP contribution in [0.2, 0.25) is 0 Å². The highest BCUT2D eigenvalue weighted by Gasteiger charge is 2.10. The molecule has 0 aromatic rings. The molecule has 0 spiro atoms. The summed E-state index contributed by atoms with van der Waals surface area (Å²) in [7, 11) is 0. The normalized spacial score (nSPS) is 13.4. The predicted molar refractivity (Wildman–Crippen MR) is 81.5 cm³/mol. The van der Waals surface area contributed by atoms with E-state index in [1.54, 1.807) is 0 Å². The molecule has 0 aromatic heterocycles. The molecule has 0 rings (SSSR count). The molecule has 0 fully saturated rings. The Hall–Kier alpha value is -0.160. The Balaban J connectivity index is 3.69. The lowest BCUT2D eigenvalue weighted by atomic mass is 10.1. The lowest BCUT2D eigenvalue weighted by Crippen LogP contribution is -2.37. The van der Waals surface area contributed by atoms with Crippen LogP contribution in [0.25, 0.3) is 0 Å². The molecule has 1 unspecified atom stereocenters. The molecule has 0 radical (unpaired) electrons. The first-order chi connectivity index (χ1) is 9.17. The number of hydrogen-bond donors (Lipinski definition) is 1. The van der Waals surface area contributed by atoms with Crippen LogP contribution in [0, 0.1) is 0 Å². The molecule has 1 atom stereocenters. The van der Waals surface area contributed by atoms with Gasteiger partial charge in [0.1, 0.15) is 0 Å². The molecular formula is C15H34N2O2. The van der Waals surface area contributed by atoms with Crippen molar-refractivity contribution in [3.63, 3.8) is 0 Å². The summed E-state index contributed by atoms with van der Waals surface area (Å²) in [6.45, 7) is 16.3. The summed E-state index contributed by atoms with van der Waals surface area (Å²) < 4.78 is 11.0. The van der Waals surface area contributed by atoms with Gasteiger partial charge in [0, 0.05) is 25.8 Å². The van der Waals surface area contributed by atoms with Crippen molar-refractivity contribution in [2.75, 3.05) is 39.4 Å². The molecule has 19 heavy (non-hydrogen) atoms. The van der Waals surface area contributed by atoms with E-state index in [4.69, 9.17) is 9.47 Å². The van der Waals surface area contributed by atoms with Gasteiger partial charge in [-0.25, -0.2) is 0 Å². The van der Waals surface area contributed by atoms with Crippen LogP contribution in [0.4, 0.5) is 0 Å². The average Bonchev–Trinajstić information content (AvgIpc) is 2.41. The van der Waals surface area contributed by atoms with Gasteiger partial charge in [0.2, 0.25) is 0 Å². The van der Waals surface area contributed by atoms with Crippen LogP contribution in [-0.4, -0.2) is 56.6 Å². The standard InChI is InChI=1S/C15H34N2O2/c1-6-17(7-2)12-10-11-14(5)16-13-15(18-8-3)19-9-4/h14-16H,6-13H2,1-5H3. The van der Waals surface area contributed by atoms with E-state index in [1.807, 2.05) is 13.8 Å². The molecule has 0 aliphatic rings. The smallest absolute Gasteiger partial charge is 0.169 e. The van der Waals surface area contributed by atoms with Gasteiger partial charge in [-0.05, 0) is 53.2 Å². The summed E-state index contributed by atoms with van der Waals surface area (Å²) >= 11 is 0. The van der Waals surface area contributed by atoms with Crippen LogP contribution in [0.1, 0.15) is 47.5 Å². The summed E-state index contributed by atoms with van der Waals surface area (Å²) in [5, 5.41) is 3.49. The van der Waals surface area contributed by atoms with Crippen molar-refractivity contribution in [2.24, 2.45) is 0 Å². The van der Waals surface area contributed by atoms with Crippen molar-refractivity contribution < 1.29 is 9.47 Å². The molecule has 116 valence electrons. The summed E-state index contributed by atoms with van der Waals surface area (Å²) in [5.74, 6) is 0. The fourth-order valence-corrected chi connectivity index (χ4v) is 2.10. The minimum Gasteiger partial charge on any atom is -0.352 e. The third-order valence-electron chi connectivity index (χ3n) is 3.34. The third kappa shape index (κ3) is 10.3. The van der Waals surface area contributed by atoms with Gasteiger partial charge in [-0.3, -0.25) is 0 Å². The zero-order valence-electron chi connectivity index (χ0n) is 13.6. The van der Waals surface area contributed by atoms with Crippen LogP contribution in [0.5, 0.6) is 0 Å². The molecular weight excluding hydrogens is 240 g/mol. The third-order valence-corrected chi connectivity index (χ3v) is 3.34. The number of ether oxygens (including phenoxy) is 2. The minimum absolute atomic E-state index is 0.111. The van der Waals surface area contributed by atoms with Gasteiger partial charge in [0.05, 0.1) is 0 Å². The maximum atomic E-state index is 5.52. The highest BCUT2D eigenvalue weighted by molar-refractivity contribution is 4.64. The van der Waals surface area contributed by atoms with E-state index in [1.165, 1.54) is 19.4 Å². The molecule has 0 amide bonds. The van der Waals surface area contributed by atoms with Gasteiger partial charge in [-0.2, -0.15) is 0 Å². The van der Waals surface area contributed by atoms with Crippen molar-refractivity contribution >= 4 is 0 Å². The molecule has 0 saturated heterocycles. The van der Waals surface area contributed by atoms with Crippen LogP contribution in [0.15, 0.2) is 0 Å². The van der Waals surface area contributed by atoms with E-state index in [9.17, 15) is 0 Å². The van der Waals surface area contributed by atoms with E-state index < -0.39 is 0 Å². The van der Waals surface area contributed by atoms with E-state index in [-0.39, 0.29) is 6.29 Å². The first-order valence-electron chi connectivity index (χ1n) is 7.86. The number of nitrogens with zero attached hydrogens (tertiary/aromatic N) is 1. The van der Waals surface area contributed by atoms with Gasteiger partial charge in [-0.15, -0.1) is 0 Å². The first-order valence-corrected chi connectivity index (χ1v) is 7.86. The van der Waals surface area contributed by atoms with E-state index >= 15 is 0 Å². The Morgan fingerprint density at radius 3 is 2.05 bits per heavy atom. The van der Waals surface area contributed by atoms with Crippen LogP contribution in [0.3, 0.4) is 0 Å². The highest BCUT2D eigenvalue weighted by Crippen LogP contribution is 2.01. The maximum Gasteiger partial charge on any atom is 0.169 e. The fraction of sp³-hybridized carbons (Fsp3) is 1.00. The minimum atomic E-state index is -0.111. The second-order valence-corrected chi connectivity index (χ2v) is 4.82. The number of hydrogen-bond acceptors (Lipinski definition) is 4. The Morgan fingerprint density at radius 2 is 1.58 bits per heavy atom. The Bertz CT molecular complexity index is 181. The molecule has 0 bridgehead atoms. The Kier molecular flexibility index (Phi) is 12.7. The zero-order chi connectivity index (χ0) is 14.5. The van der Waals surface area contributed by atoms with Crippen molar-refractivity contribution in [2.45, 2.75) is 59.8 Å². The second-order valence-electron chi connectivity index (χ2n) is 4.82. The van der Waals surface area contributed by atoms with Crippen LogP contribution < -0.4 is 5.32 Å². The van der Waals surface area contributed by atoms with Crippen LogP contribution in [-0.2, 0) is 9.47 Å². The molecule has 1 N–H and O–H groups in total. The highest BCUT2D eigenvalue weighted by atomic mass is 16.7. The maximum absolute atomic E-state index is 5.52. The van der Waals surface area contributed by atoms with Crippen LogP contribution >= 0.6 is 0 Å². The van der Waals surface area contributed by atoms with E-state index in [2.05, 4.69) is 31.0 Å². The Morgan fingerprint density at radius 1 is 1.00 bits per heavy atom. The first kappa shape index (κ1) is 18.8. The molecule has 0 aliphatic heterocycles. The topological polar surface area (TPSA) is 33.7 Å². The lowest BCUT2D eigenvalue weighted by Gasteiger charge is -2.22. The molecule has 0 saturated carbocycles. The monoisotopic (exact) mass is 274 g/mol. The summed E-state index contributed by atoms with van der Waals surface area (Å²) in [6.07, 6.45) is 2.32. The molecule has 0 aromatic carbocycles. The summed E-state index contributed by atoms with van der Waals surface area (Å²) in [6, 6.07) is 0.513. The van der Waals surface area contributed by atoms with Gasteiger partial charge in [0.15, 0.2) is 6.29 Å². The summed E-state index contributed by atoms with van der Waals surface area (Å²) in [4.78, 5) is 2.47. The fourth-order valence-electron chi connectivity index (χ4n) is 2.10. The second kappa shape index (κ2) is 12.9. The number of rotatable bonds is 13. The van der Waals surface area contributed by atoms with Gasteiger partial charge in [0.25, 0.3) is 0 Å². The van der Waals surface area contributed by atoms with Gasteiger partial charge < -0.3 is 19.7 Å². The quantitative estimate of drug-likeness (QED) is 0.523. The SMILES string of the molecule is CCOC(CNC(C)CCCN(CC)CC)OCC. The zero-order valence-corrected chi connectivity index (χ0v) is 13.6. The van der Waals surface area contributed by atoms with E-state index in [0.717, 1.165) is 19.6 Å². The summed E-state index contributed by atoms with van der Waals surface area (Å²) in [5.41, 5.74) is 0. The molecule has 4 nitrogen and oxygen atoms in total. The van der Waals surface area contributed by atoms with Crippen molar-refractivity contribution in [1.82, 2.24) is 10.2 Å². The molecule has 0 aliphatic carbocycles. The van der Waals surface area contributed by atoms with Gasteiger partial charge in [-0.1, -0.05) is 13.8 Å². The van der Waals surface area contributed by atoms with E-state index in [0.29, 0.717) is 19.3 Å². The predicted octanol–water partition coefficient (Wildman–Crippen LogP) is 2.49. The average molecular weight is 274 g/mol. The number of nitrogens with one attached hydrogen (secondary N) is 1. The van der Waals surface area contributed by atoms with Crippen molar-refractivity contribution in [3.8, 4) is 0 Å². The lowest BCUT2D eigenvalue weighted by molar-refractivity contribution is -0.133. The molecule has 4 heteroatoms. The van der Waals surface area contributed by atoms with Crippen molar-refractivity contribution in [1.29, 1.82) is 0 Å². The van der Waals surface area contributed by atoms with Gasteiger partial charge >= 0.3 is 0 Å². The Labute approximate surface area is 119 Å². The molecule has 0 heterocycles. The van der Waals surface area contributed by atoms with Crippen molar-refractivity contribution in [3.05, 3.63) is 0 Å².